The number of ether oxygens (including phenoxy) is 3. The number of nitrogens with one attached hydrogen (secondary N) is 2. The molecule has 1 aliphatic heterocycles. The van der Waals surface area contributed by atoms with Gasteiger partial charge in [0, 0.05) is 27.8 Å². The number of carbonyl (C=O) groups excluding carboxylic acids is 4. The topological polar surface area (TPSA) is 170 Å². The molecule has 1 aliphatic rings. The van der Waals surface area contributed by atoms with Gasteiger partial charge in [0.1, 0.15) is 6.04 Å². The number of likely N-dealkylation sites (N-methyl/N-ethyl adjacent to an activating group) is 2. The Kier molecular flexibility index (Phi) is 20.6. The number of aliphatic hydroxyl groups is 2. The first-order valence-corrected chi connectivity index (χ1v) is 20.7. The van der Waals surface area contributed by atoms with E-state index in [0.29, 0.717) is 24.9 Å². The summed E-state index contributed by atoms with van der Waals surface area (Å²) in [6.45, 7) is 19.1. The van der Waals surface area contributed by atoms with Crippen molar-refractivity contribution in [3.63, 3.8) is 0 Å². The number of amides is 4. The van der Waals surface area contributed by atoms with E-state index in [9.17, 15) is 29.4 Å². The molecule has 57 heavy (non-hydrogen) atoms. The molecular weight excluding hydrogens is 730 g/mol. The van der Waals surface area contributed by atoms with Gasteiger partial charge in [-0.25, -0.2) is 4.90 Å². The van der Waals surface area contributed by atoms with E-state index in [-0.39, 0.29) is 54.0 Å². The molecule has 0 radical (unpaired) electrons. The Bertz CT molecular complexity index is 1400. The molecule has 326 valence electrons. The number of nitrogens with zero attached hydrogens (tertiary/aromatic N) is 3. The van der Waals surface area contributed by atoms with Crippen LogP contribution >= 0.6 is 0 Å². The van der Waals surface area contributed by atoms with Gasteiger partial charge in [0.25, 0.3) is 0 Å². The molecule has 0 spiro atoms. The number of hydrogen-bond donors (Lipinski definition) is 4. The first-order chi connectivity index (χ1) is 26.7. The zero-order valence-corrected chi connectivity index (χ0v) is 37.1. The first-order valence-electron chi connectivity index (χ1n) is 20.7. The fourth-order valence-corrected chi connectivity index (χ4v) is 8.09. The van der Waals surface area contributed by atoms with Crippen LogP contribution in [0.15, 0.2) is 30.3 Å². The lowest BCUT2D eigenvalue weighted by Gasteiger charge is -2.41. The smallest absolute Gasteiger partial charge is 0.245 e. The van der Waals surface area contributed by atoms with Crippen LogP contribution in [0.25, 0.3) is 0 Å². The van der Waals surface area contributed by atoms with Gasteiger partial charge in [-0.3, -0.25) is 19.2 Å². The minimum absolute atomic E-state index is 0.0103. The molecule has 1 heterocycles. The summed E-state index contributed by atoms with van der Waals surface area (Å²) in [6, 6.07) is 6.04. The van der Waals surface area contributed by atoms with Gasteiger partial charge in [0.05, 0.1) is 60.9 Å². The Morgan fingerprint density at radius 2 is 1.49 bits per heavy atom. The zero-order valence-electron chi connectivity index (χ0n) is 37.1. The maximum absolute atomic E-state index is 14.4. The number of carbonyl (C=O) groups is 4. The highest BCUT2D eigenvalue weighted by Crippen LogP contribution is 2.30. The molecule has 0 bridgehead atoms. The Balaban J connectivity index is 2.28. The molecule has 4 N–H and O–H groups in total. The van der Waals surface area contributed by atoms with E-state index in [1.165, 1.54) is 12.0 Å². The minimum atomic E-state index is -1.31. The molecular formula is C43H75N5O9. The van der Waals surface area contributed by atoms with Crippen molar-refractivity contribution in [1.29, 1.82) is 0 Å². The average molecular weight is 806 g/mol. The second kappa shape index (κ2) is 23.5. The maximum Gasteiger partial charge on any atom is 0.245 e. The lowest BCUT2D eigenvalue weighted by Crippen LogP contribution is -2.60. The molecule has 1 unspecified atom stereocenters. The molecule has 1 aromatic carbocycles. The quantitative estimate of drug-likeness (QED) is 0.119. The maximum atomic E-state index is 14.4. The third-order valence-corrected chi connectivity index (χ3v) is 11.6. The summed E-state index contributed by atoms with van der Waals surface area (Å²) in [5.41, 5.74) is 0.699. The number of benzene rings is 1. The number of methoxy groups -OCH3 is 2. The molecule has 0 aromatic heterocycles. The number of rotatable bonds is 23. The SMILES string of the molecule is CC[C@H](C)[C@@H]([C@@H](CC(=O)N1CCC[C@H]1[C@H](OC)[C@@H](C)C(=O)N[C@H](C)[C@@H](O)c1ccccc1)OC)N(C)C(=O)[C@@H](NC(=O)[C@H](C(C)C)N(C)C(O)OC(C)C)C(C)C. The Labute approximate surface area is 342 Å². The molecule has 11 atom stereocenters. The van der Waals surface area contributed by atoms with Gasteiger partial charge in [-0.15, -0.1) is 0 Å². The van der Waals surface area contributed by atoms with Crippen molar-refractivity contribution in [2.45, 2.75) is 156 Å². The van der Waals surface area contributed by atoms with Crippen LogP contribution in [-0.4, -0.2) is 138 Å². The largest absolute Gasteiger partial charge is 0.386 e. The van der Waals surface area contributed by atoms with Gasteiger partial charge in [0.15, 0.2) is 0 Å². The number of hydrogen-bond acceptors (Lipinski definition) is 10. The Morgan fingerprint density at radius 3 is 2.00 bits per heavy atom. The monoisotopic (exact) mass is 806 g/mol. The van der Waals surface area contributed by atoms with E-state index in [1.54, 1.807) is 58.7 Å². The van der Waals surface area contributed by atoms with E-state index in [2.05, 4.69) is 10.6 Å². The highest BCUT2D eigenvalue weighted by Gasteiger charge is 2.43. The number of aliphatic hydroxyl groups excluding tert-OH is 2. The van der Waals surface area contributed by atoms with Crippen LogP contribution in [0.1, 0.15) is 107 Å². The summed E-state index contributed by atoms with van der Waals surface area (Å²) in [5, 5.41) is 27.4. The minimum Gasteiger partial charge on any atom is -0.386 e. The lowest BCUT2D eigenvalue weighted by molar-refractivity contribution is -0.218. The van der Waals surface area contributed by atoms with Crippen LogP contribution < -0.4 is 10.6 Å². The van der Waals surface area contributed by atoms with Crippen LogP contribution in [0, 0.1) is 23.7 Å². The summed E-state index contributed by atoms with van der Waals surface area (Å²) in [5.74, 6) is -2.36. The highest BCUT2D eigenvalue weighted by molar-refractivity contribution is 5.90. The van der Waals surface area contributed by atoms with Gasteiger partial charge < -0.3 is 44.9 Å². The van der Waals surface area contributed by atoms with Crippen LogP contribution in [0.5, 0.6) is 0 Å². The van der Waals surface area contributed by atoms with Crippen LogP contribution in [0.4, 0.5) is 0 Å². The number of likely N-dealkylation sites (tertiary alicyclic amines) is 1. The van der Waals surface area contributed by atoms with Crippen molar-refractivity contribution < 1.29 is 43.6 Å². The Morgan fingerprint density at radius 1 is 0.877 bits per heavy atom. The molecule has 14 heteroatoms. The standard InChI is InChI=1S/C43H75N5O9/c1-15-28(8)37(46(11)42(53)35(25(2)3)45-41(52)36(26(4)5)47(12)43(54)57-27(6)7)33(55-13)24-34(49)48-23-19-22-32(48)39(56-14)29(9)40(51)44-30(10)38(50)31-20-17-16-18-21-31/h16-18,20-21,25-30,32-33,35-39,43,50,54H,15,19,22-24H2,1-14H3,(H,44,51)(H,45,52)/t28-,29+,30+,32-,33+,35-,36-,37-,38+,39+,43?/m0/s1. The lowest BCUT2D eigenvalue weighted by atomic mass is 9.89. The molecule has 4 amide bonds. The van der Waals surface area contributed by atoms with E-state index in [0.717, 1.165) is 6.42 Å². The molecule has 1 aromatic rings. The molecule has 1 saturated heterocycles. The van der Waals surface area contributed by atoms with Crippen molar-refractivity contribution in [3.8, 4) is 0 Å². The van der Waals surface area contributed by atoms with Crippen molar-refractivity contribution in [2.75, 3.05) is 34.9 Å². The first kappa shape index (κ1) is 50.0. The van der Waals surface area contributed by atoms with Gasteiger partial charge in [-0.2, -0.15) is 0 Å². The third kappa shape index (κ3) is 13.4. The molecule has 14 nitrogen and oxygen atoms in total. The fraction of sp³-hybridized carbons (Fsp3) is 0.767. The van der Waals surface area contributed by atoms with Gasteiger partial charge in [-0.1, -0.05) is 85.2 Å². The highest BCUT2D eigenvalue weighted by atomic mass is 16.6. The van der Waals surface area contributed by atoms with Crippen molar-refractivity contribution in [3.05, 3.63) is 35.9 Å². The predicted molar refractivity (Wildman–Crippen MR) is 221 cm³/mol. The van der Waals surface area contributed by atoms with Gasteiger partial charge in [0.2, 0.25) is 30.0 Å². The van der Waals surface area contributed by atoms with Crippen molar-refractivity contribution in [2.24, 2.45) is 23.7 Å². The Hall–Kier alpha value is -3.14. The van der Waals surface area contributed by atoms with Crippen LogP contribution in [0.3, 0.4) is 0 Å². The molecule has 2 rings (SSSR count). The average Bonchev–Trinajstić information content (AvgIpc) is 3.65. The zero-order chi connectivity index (χ0) is 43.3. The second-order valence-corrected chi connectivity index (χ2v) is 16.8. The second-order valence-electron chi connectivity index (χ2n) is 16.8. The molecule has 0 saturated carbocycles. The summed E-state index contributed by atoms with van der Waals surface area (Å²) in [4.78, 5) is 60.8. The predicted octanol–water partition coefficient (Wildman–Crippen LogP) is 3.94. The van der Waals surface area contributed by atoms with Crippen LogP contribution in [-0.2, 0) is 33.4 Å². The summed E-state index contributed by atoms with van der Waals surface area (Å²) < 4.78 is 17.5. The van der Waals surface area contributed by atoms with Gasteiger partial charge >= 0.3 is 0 Å². The van der Waals surface area contributed by atoms with Crippen molar-refractivity contribution >= 4 is 23.6 Å². The summed E-state index contributed by atoms with van der Waals surface area (Å²) >= 11 is 0. The molecule has 1 fully saturated rings. The van der Waals surface area contributed by atoms with E-state index in [4.69, 9.17) is 14.2 Å². The van der Waals surface area contributed by atoms with Gasteiger partial charge in [-0.05, 0) is 64.0 Å². The summed E-state index contributed by atoms with van der Waals surface area (Å²) in [7, 11) is 6.39. The van der Waals surface area contributed by atoms with E-state index in [1.807, 2.05) is 71.9 Å². The van der Waals surface area contributed by atoms with Crippen LogP contribution in [0.2, 0.25) is 0 Å². The fourth-order valence-electron chi connectivity index (χ4n) is 8.09. The van der Waals surface area contributed by atoms with E-state index < -0.39 is 60.7 Å². The van der Waals surface area contributed by atoms with Crippen molar-refractivity contribution in [1.82, 2.24) is 25.3 Å². The normalized spacial score (nSPS) is 20.1. The third-order valence-electron chi connectivity index (χ3n) is 11.6. The summed E-state index contributed by atoms with van der Waals surface area (Å²) in [6.07, 6.45) is -1.67. The van der Waals surface area contributed by atoms with E-state index >= 15 is 0 Å². The molecule has 0 aliphatic carbocycles.